The predicted molar refractivity (Wildman–Crippen MR) is 74.2 cm³/mol. The van der Waals surface area contributed by atoms with Crippen LogP contribution in [0.3, 0.4) is 0 Å². The predicted octanol–water partition coefficient (Wildman–Crippen LogP) is 2.01. The smallest absolute Gasteiger partial charge is 0.329 e. The summed E-state index contributed by atoms with van der Waals surface area (Å²) in [6.45, 7) is 0. The van der Waals surface area contributed by atoms with E-state index in [2.05, 4.69) is 30.9 Å². The van der Waals surface area contributed by atoms with Crippen LogP contribution in [0, 0.1) is 0 Å². The second-order valence-corrected chi connectivity index (χ2v) is 5.64. The van der Waals surface area contributed by atoms with Gasteiger partial charge in [-0.15, -0.1) is 0 Å². The summed E-state index contributed by atoms with van der Waals surface area (Å²) in [7, 11) is 1.74. The Labute approximate surface area is 118 Å². The van der Waals surface area contributed by atoms with E-state index < -0.39 is 0 Å². The number of fused-ring (bicyclic) bond motifs is 1. The summed E-state index contributed by atoms with van der Waals surface area (Å²) in [5.74, 6) is 0. The molecule has 0 atom stereocenters. The quantitative estimate of drug-likeness (QED) is 0.916. The minimum Gasteiger partial charge on any atom is -0.381 e. The van der Waals surface area contributed by atoms with Crippen molar-refractivity contribution in [1.82, 2.24) is 19.5 Å². The van der Waals surface area contributed by atoms with E-state index in [9.17, 15) is 4.79 Å². The Balaban J connectivity index is 1.98. The number of hydrogen-bond acceptors (Lipinski definition) is 4. The Bertz CT molecular complexity index is 643. The molecule has 0 bridgehead atoms. The molecule has 0 unspecified atom stereocenters. The highest BCUT2D eigenvalue weighted by Gasteiger charge is 2.25. The summed E-state index contributed by atoms with van der Waals surface area (Å²) >= 11 is 3.30. The van der Waals surface area contributed by atoms with Crippen molar-refractivity contribution >= 4 is 27.2 Å². The number of H-pyrrole nitrogens is 1. The van der Waals surface area contributed by atoms with Gasteiger partial charge in [-0.2, -0.15) is 0 Å². The first-order chi connectivity index (χ1) is 9.19. The van der Waals surface area contributed by atoms with Crippen LogP contribution in [0.15, 0.2) is 15.6 Å². The molecule has 3 rings (SSSR count). The van der Waals surface area contributed by atoms with E-state index in [4.69, 9.17) is 4.74 Å². The maximum atomic E-state index is 12.1. The number of methoxy groups -OCH3 is 1. The lowest BCUT2D eigenvalue weighted by Crippen LogP contribution is -2.28. The molecule has 1 aliphatic rings. The highest BCUT2D eigenvalue weighted by molar-refractivity contribution is 9.10. The van der Waals surface area contributed by atoms with Gasteiger partial charge in [0.2, 0.25) is 0 Å². The summed E-state index contributed by atoms with van der Waals surface area (Å²) in [5.41, 5.74) is 1.04. The summed E-state index contributed by atoms with van der Waals surface area (Å²) in [4.78, 5) is 23.4. The lowest BCUT2D eigenvalue weighted by Gasteiger charge is -2.27. The number of rotatable bonds is 2. The van der Waals surface area contributed by atoms with Gasteiger partial charge in [-0.05, 0) is 41.6 Å². The fraction of sp³-hybridized carbons (Fsp3) is 0.583. The third-order valence-electron chi connectivity index (χ3n) is 3.74. The number of hydrogen-bond donors (Lipinski definition) is 1. The SMILES string of the molecule is CO[C@H]1CC[C@H](n2c(=O)[nH]c3ncc(Br)nc32)CC1. The van der Waals surface area contributed by atoms with Crippen molar-refractivity contribution in [2.45, 2.75) is 37.8 Å². The number of nitrogens with zero attached hydrogens (tertiary/aromatic N) is 3. The molecule has 0 aliphatic heterocycles. The van der Waals surface area contributed by atoms with E-state index in [1.165, 1.54) is 0 Å². The molecular weight excluding hydrogens is 312 g/mol. The lowest BCUT2D eigenvalue weighted by atomic mass is 9.93. The molecule has 102 valence electrons. The fourth-order valence-corrected chi connectivity index (χ4v) is 3.02. The first-order valence-corrected chi connectivity index (χ1v) is 7.14. The first kappa shape index (κ1) is 12.8. The molecule has 1 fully saturated rings. The Morgan fingerprint density at radius 1 is 1.42 bits per heavy atom. The zero-order valence-corrected chi connectivity index (χ0v) is 12.2. The van der Waals surface area contributed by atoms with Gasteiger partial charge in [0, 0.05) is 13.2 Å². The molecule has 0 aromatic carbocycles. The molecular formula is C12H15BrN4O2. The second kappa shape index (κ2) is 5.05. The number of aromatic amines is 1. The van der Waals surface area contributed by atoms with Crippen LogP contribution in [0.2, 0.25) is 0 Å². The van der Waals surface area contributed by atoms with Crippen LogP contribution in [0.5, 0.6) is 0 Å². The Morgan fingerprint density at radius 2 is 2.16 bits per heavy atom. The minimum absolute atomic E-state index is 0.131. The third kappa shape index (κ3) is 2.32. The van der Waals surface area contributed by atoms with E-state index in [-0.39, 0.29) is 11.7 Å². The number of halogens is 1. The van der Waals surface area contributed by atoms with Crippen molar-refractivity contribution in [1.29, 1.82) is 0 Å². The van der Waals surface area contributed by atoms with Crippen molar-refractivity contribution in [3.05, 3.63) is 21.3 Å². The largest absolute Gasteiger partial charge is 0.381 e. The van der Waals surface area contributed by atoms with E-state index in [1.54, 1.807) is 17.9 Å². The van der Waals surface area contributed by atoms with E-state index in [1.807, 2.05) is 0 Å². The molecule has 1 N–H and O–H groups in total. The van der Waals surface area contributed by atoms with Gasteiger partial charge >= 0.3 is 5.69 Å². The van der Waals surface area contributed by atoms with Crippen LogP contribution < -0.4 is 5.69 Å². The molecule has 1 aliphatic carbocycles. The van der Waals surface area contributed by atoms with Gasteiger partial charge in [0.15, 0.2) is 11.3 Å². The van der Waals surface area contributed by atoms with Gasteiger partial charge in [-0.1, -0.05) is 0 Å². The van der Waals surface area contributed by atoms with Crippen LogP contribution in [-0.2, 0) is 4.74 Å². The maximum Gasteiger partial charge on any atom is 0.329 e. The van der Waals surface area contributed by atoms with Crippen molar-refractivity contribution < 1.29 is 4.74 Å². The monoisotopic (exact) mass is 326 g/mol. The summed E-state index contributed by atoms with van der Waals surface area (Å²) in [6, 6.07) is 0.177. The average Bonchev–Trinajstić information content (AvgIpc) is 2.74. The Morgan fingerprint density at radius 3 is 2.84 bits per heavy atom. The minimum atomic E-state index is -0.131. The number of ether oxygens (including phenoxy) is 1. The maximum absolute atomic E-state index is 12.1. The number of aromatic nitrogens is 4. The normalized spacial score (nSPS) is 23.9. The molecule has 0 saturated heterocycles. The fourth-order valence-electron chi connectivity index (χ4n) is 2.75. The average molecular weight is 327 g/mol. The summed E-state index contributed by atoms with van der Waals surface area (Å²) in [5, 5.41) is 0. The molecule has 6 nitrogen and oxygen atoms in total. The van der Waals surface area contributed by atoms with Crippen LogP contribution in [0.1, 0.15) is 31.7 Å². The van der Waals surface area contributed by atoms with E-state index >= 15 is 0 Å². The highest BCUT2D eigenvalue weighted by atomic mass is 79.9. The number of nitrogens with one attached hydrogen (secondary N) is 1. The van der Waals surface area contributed by atoms with Crippen molar-refractivity contribution in [3.8, 4) is 0 Å². The molecule has 0 spiro atoms. The van der Waals surface area contributed by atoms with E-state index in [0.717, 1.165) is 25.7 Å². The summed E-state index contributed by atoms with van der Waals surface area (Å²) < 4.78 is 7.74. The highest BCUT2D eigenvalue weighted by Crippen LogP contribution is 2.30. The van der Waals surface area contributed by atoms with Crippen molar-refractivity contribution in [2.75, 3.05) is 7.11 Å². The summed E-state index contributed by atoms with van der Waals surface area (Å²) in [6.07, 6.45) is 5.71. The lowest BCUT2D eigenvalue weighted by molar-refractivity contribution is 0.0585. The molecule has 1 saturated carbocycles. The van der Waals surface area contributed by atoms with Crippen LogP contribution in [0.4, 0.5) is 0 Å². The third-order valence-corrected chi connectivity index (χ3v) is 4.12. The van der Waals surface area contributed by atoms with Gasteiger partial charge in [0.1, 0.15) is 4.60 Å². The van der Waals surface area contributed by atoms with Crippen molar-refractivity contribution in [3.63, 3.8) is 0 Å². The zero-order valence-electron chi connectivity index (χ0n) is 10.6. The molecule has 2 aromatic heterocycles. The van der Waals surface area contributed by atoms with E-state index in [0.29, 0.717) is 22.0 Å². The van der Waals surface area contributed by atoms with Gasteiger partial charge in [-0.3, -0.25) is 9.55 Å². The molecule has 2 aromatic rings. The van der Waals surface area contributed by atoms with Gasteiger partial charge in [0.25, 0.3) is 0 Å². The van der Waals surface area contributed by atoms with Gasteiger partial charge < -0.3 is 4.74 Å². The van der Waals surface area contributed by atoms with Crippen LogP contribution >= 0.6 is 15.9 Å². The van der Waals surface area contributed by atoms with Gasteiger partial charge in [0.05, 0.1) is 12.3 Å². The zero-order chi connectivity index (χ0) is 13.4. The van der Waals surface area contributed by atoms with Crippen molar-refractivity contribution in [2.24, 2.45) is 0 Å². The first-order valence-electron chi connectivity index (χ1n) is 6.34. The van der Waals surface area contributed by atoms with Crippen LogP contribution in [0.25, 0.3) is 11.3 Å². The molecule has 2 heterocycles. The topological polar surface area (TPSA) is 72.8 Å². The standard InChI is InChI=1S/C12H15BrN4O2/c1-19-8-4-2-7(3-5-8)17-11-10(16-12(17)18)14-6-9(13)15-11/h6-8H,2-5H2,1H3,(H,14,16,18)/t7-,8-. The Kier molecular flexibility index (Phi) is 3.40. The molecule has 19 heavy (non-hydrogen) atoms. The second-order valence-electron chi connectivity index (χ2n) is 4.83. The molecule has 7 heteroatoms. The number of imidazole rings is 1. The van der Waals surface area contributed by atoms with Gasteiger partial charge in [-0.25, -0.2) is 14.8 Å². The molecule has 0 radical (unpaired) electrons. The molecule has 0 amide bonds. The van der Waals surface area contributed by atoms with Crippen LogP contribution in [-0.4, -0.2) is 32.7 Å². The Hall–Kier alpha value is -1.21.